The van der Waals surface area contributed by atoms with Crippen LogP contribution >= 0.6 is 11.6 Å². The van der Waals surface area contributed by atoms with E-state index in [1.54, 1.807) is 12.1 Å². The molecule has 18 heavy (non-hydrogen) atoms. The molecule has 2 rings (SSSR count). The third kappa shape index (κ3) is 2.85. The van der Waals surface area contributed by atoms with Gasteiger partial charge in [-0.15, -0.1) is 0 Å². The van der Waals surface area contributed by atoms with Gasteiger partial charge in [-0.05, 0) is 44.4 Å². The zero-order valence-corrected chi connectivity index (χ0v) is 11.5. The van der Waals surface area contributed by atoms with Crippen LogP contribution in [0.3, 0.4) is 0 Å². The summed E-state index contributed by atoms with van der Waals surface area (Å²) in [6.45, 7) is 4.07. The van der Waals surface area contributed by atoms with Crippen LogP contribution in [0.1, 0.15) is 32.3 Å². The van der Waals surface area contributed by atoms with E-state index in [1.807, 2.05) is 26.0 Å². The summed E-state index contributed by atoms with van der Waals surface area (Å²) < 4.78 is 5.19. The highest BCUT2D eigenvalue weighted by Crippen LogP contribution is 2.30. The summed E-state index contributed by atoms with van der Waals surface area (Å²) in [4.78, 5) is 12.2. The van der Waals surface area contributed by atoms with Gasteiger partial charge in [-0.25, -0.2) is 4.79 Å². The monoisotopic (exact) mass is 267 g/mol. The molecule has 0 amide bonds. The molecule has 1 aliphatic carbocycles. The highest BCUT2D eigenvalue weighted by Gasteiger charge is 2.41. The normalized spacial score (nSPS) is 18.2. The van der Waals surface area contributed by atoms with Crippen LogP contribution in [0.15, 0.2) is 24.3 Å². The Morgan fingerprint density at radius 1 is 1.44 bits per heavy atom. The van der Waals surface area contributed by atoms with E-state index in [-0.39, 0.29) is 5.97 Å². The number of hydrogen-bond acceptors (Lipinski definition) is 3. The first-order chi connectivity index (χ1) is 8.56. The first-order valence-corrected chi connectivity index (χ1v) is 6.65. The second-order valence-corrected chi connectivity index (χ2v) is 5.21. The molecule has 1 N–H and O–H groups in total. The number of nitrogens with one attached hydrogen (secondary N) is 1. The quantitative estimate of drug-likeness (QED) is 0.834. The molecule has 1 atom stereocenters. The van der Waals surface area contributed by atoms with Crippen molar-refractivity contribution >= 4 is 17.6 Å². The number of carbonyl (C=O) groups excluding carboxylic acids is 1. The molecule has 98 valence electrons. The van der Waals surface area contributed by atoms with Gasteiger partial charge in [-0.3, -0.25) is 5.32 Å². The first-order valence-electron chi connectivity index (χ1n) is 6.27. The topological polar surface area (TPSA) is 38.3 Å². The molecule has 3 nitrogen and oxygen atoms in total. The van der Waals surface area contributed by atoms with Crippen molar-refractivity contribution in [1.82, 2.24) is 5.32 Å². The average Bonchev–Trinajstić information content (AvgIpc) is 3.14. The van der Waals surface area contributed by atoms with Crippen LogP contribution in [-0.4, -0.2) is 18.6 Å². The molecule has 1 aliphatic rings. The smallest absolute Gasteiger partial charge is 0.330 e. The molecule has 4 heteroatoms. The molecule has 0 aliphatic heterocycles. The number of rotatable bonds is 5. The van der Waals surface area contributed by atoms with Crippen LogP contribution in [0.4, 0.5) is 0 Å². The lowest BCUT2D eigenvalue weighted by Crippen LogP contribution is -2.48. The molecule has 1 fully saturated rings. The van der Waals surface area contributed by atoms with Crippen LogP contribution in [-0.2, 0) is 15.1 Å². The van der Waals surface area contributed by atoms with E-state index < -0.39 is 5.54 Å². The highest BCUT2D eigenvalue weighted by molar-refractivity contribution is 6.30. The second-order valence-electron chi connectivity index (χ2n) is 4.77. The second kappa shape index (κ2) is 5.29. The summed E-state index contributed by atoms with van der Waals surface area (Å²) in [5, 5.41) is 4.03. The van der Waals surface area contributed by atoms with Gasteiger partial charge in [0.25, 0.3) is 0 Å². The Hall–Kier alpha value is -1.06. The molecule has 0 spiro atoms. The minimum absolute atomic E-state index is 0.237. The fourth-order valence-corrected chi connectivity index (χ4v) is 2.08. The predicted molar refractivity (Wildman–Crippen MR) is 71.6 cm³/mol. The van der Waals surface area contributed by atoms with E-state index in [2.05, 4.69) is 5.32 Å². The lowest BCUT2D eigenvalue weighted by Gasteiger charge is -2.29. The minimum atomic E-state index is -0.790. The molecule has 0 heterocycles. The molecule has 1 saturated carbocycles. The fourth-order valence-electron chi connectivity index (χ4n) is 1.95. The van der Waals surface area contributed by atoms with Crippen LogP contribution in [0, 0.1) is 0 Å². The number of halogens is 1. The Bertz CT molecular complexity index is 428. The van der Waals surface area contributed by atoms with Gasteiger partial charge in [-0.1, -0.05) is 23.7 Å². The average molecular weight is 268 g/mol. The zero-order chi connectivity index (χ0) is 13.2. The Labute approximate surface area is 112 Å². The first kappa shape index (κ1) is 13.4. The number of hydrogen-bond donors (Lipinski definition) is 1. The molecule has 0 bridgehead atoms. The molecular weight excluding hydrogens is 250 g/mol. The summed E-state index contributed by atoms with van der Waals surface area (Å²) >= 11 is 5.88. The third-order valence-corrected chi connectivity index (χ3v) is 3.43. The van der Waals surface area contributed by atoms with Crippen molar-refractivity contribution in [3.8, 4) is 0 Å². The molecule has 0 aromatic heterocycles. The van der Waals surface area contributed by atoms with Gasteiger partial charge in [0.1, 0.15) is 5.54 Å². The standard InChI is InChI=1S/C14H18ClNO2/c1-3-18-13(17)14(2,16-12-8-9-12)10-4-6-11(15)7-5-10/h4-7,12,16H,3,8-9H2,1-2H3. The Kier molecular flexibility index (Phi) is 3.93. The predicted octanol–water partition coefficient (Wildman–Crippen LogP) is 2.87. The van der Waals surface area contributed by atoms with Gasteiger partial charge in [0, 0.05) is 11.1 Å². The molecule has 1 aromatic rings. The van der Waals surface area contributed by atoms with Crippen molar-refractivity contribution in [2.45, 2.75) is 38.3 Å². The molecule has 0 radical (unpaired) electrons. The summed E-state index contributed by atoms with van der Waals surface area (Å²) in [7, 11) is 0. The van der Waals surface area contributed by atoms with Gasteiger partial charge >= 0.3 is 5.97 Å². The molecular formula is C14H18ClNO2. The Morgan fingerprint density at radius 3 is 2.56 bits per heavy atom. The maximum absolute atomic E-state index is 12.2. The third-order valence-electron chi connectivity index (χ3n) is 3.18. The van der Waals surface area contributed by atoms with Crippen LogP contribution in [0.5, 0.6) is 0 Å². The minimum Gasteiger partial charge on any atom is -0.464 e. The van der Waals surface area contributed by atoms with Gasteiger partial charge in [0.05, 0.1) is 6.61 Å². The summed E-state index contributed by atoms with van der Waals surface area (Å²) in [6, 6.07) is 7.74. The molecule has 1 aromatic carbocycles. The van der Waals surface area contributed by atoms with Crippen LogP contribution in [0.2, 0.25) is 5.02 Å². The van der Waals surface area contributed by atoms with E-state index in [0.717, 1.165) is 18.4 Å². The Balaban J connectivity index is 2.27. The largest absolute Gasteiger partial charge is 0.464 e. The number of carbonyl (C=O) groups is 1. The van der Waals surface area contributed by atoms with Crippen LogP contribution < -0.4 is 5.32 Å². The van der Waals surface area contributed by atoms with Crippen molar-refractivity contribution in [1.29, 1.82) is 0 Å². The highest BCUT2D eigenvalue weighted by atomic mass is 35.5. The van der Waals surface area contributed by atoms with Crippen molar-refractivity contribution in [2.24, 2.45) is 0 Å². The zero-order valence-electron chi connectivity index (χ0n) is 10.7. The van der Waals surface area contributed by atoms with E-state index in [4.69, 9.17) is 16.3 Å². The SMILES string of the molecule is CCOC(=O)C(C)(NC1CC1)c1ccc(Cl)cc1. The van der Waals surface area contributed by atoms with Crippen molar-refractivity contribution in [3.63, 3.8) is 0 Å². The van der Waals surface area contributed by atoms with Gasteiger partial charge in [-0.2, -0.15) is 0 Å². The van der Waals surface area contributed by atoms with E-state index >= 15 is 0 Å². The number of ether oxygens (including phenoxy) is 1. The summed E-state index contributed by atoms with van der Waals surface area (Å²) in [6.07, 6.45) is 2.23. The lowest BCUT2D eigenvalue weighted by atomic mass is 9.92. The maximum atomic E-state index is 12.2. The number of benzene rings is 1. The Morgan fingerprint density at radius 2 is 2.06 bits per heavy atom. The maximum Gasteiger partial charge on any atom is 0.330 e. The van der Waals surface area contributed by atoms with Crippen LogP contribution in [0.25, 0.3) is 0 Å². The van der Waals surface area contributed by atoms with E-state index in [1.165, 1.54) is 0 Å². The summed E-state index contributed by atoms with van der Waals surface area (Å²) in [5.41, 5.74) is 0.0964. The van der Waals surface area contributed by atoms with E-state index in [9.17, 15) is 4.79 Å². The summed E-state index contributed by atoms with van der Waals surface area (Å²) in [5.74, 6) is -0.237. The molecule has 1 unspecified atom stereocenters. The fraction of sp³-hybridized carbons (Fsp3) is 0.500. The van der Waals surface area contributed by atoms with Gasteiger partial charge in [0.2, 0.25) is 0 Å². The molecule has 0 saturated heterocycles. The van der Waals surface area contributed by atoms with Crippen molar-refractivity contribution in [3.05, 3.63) is 34.9 Å². The van der Waals surface area contributed by atoms with Crippen molar-refractivity contribution < 1.29 is 9.53 Å². The number of esters is 1. The van der Waals surface area contributed by atoms with Gasteiger partial charge in [0.15, 0.2) is 0 Å². The van der Waals surface area contributed by atoms with Crippen molar-refractivity contribution in [2.75, 3.05) is 6.61 Å². The van der Waals surface area contributed by atoms with Gasteiger partial charge < -0.3 is 4.74 Å². The lowest BCUT2D eigenvalue weighted by molar-refractivity contribution is -0.151. The van der Waals surface area contributed by atoms with E-state index in [0.29, 0.717) is 17.7 Å².